The fourth-order valence-electron chi connectivity index (χ4n) is 2.76. The summed E-state index contributed by atoms with van der Waals surface area (Å²) < 4.78 is 23.1. The molecule has 0 saturated carbocycles. The fraction of sp³-hybridized carbons (Fsp3) is 0.750. The van der Waals surface area contributed by atoms with Crippen LogP contribution in [0.1, 0.15) is 38.6 Å². The average Bonchev–Trinajstić information content (AvgIpc) is 3.04. The van der Waals surface area contributed by atoms with Crippen molar-refractivity contribution in [2.24, 2.45) is 0 Å². The Labute approximate surface area is 144 Å². The first-order valence-corrected chi connectivity index (χ1v) is 9.99. The standard InChI is InChI=1S/C16H28N4O3S/c1-16(2,3)14-8-12(17-18-14)9-20(5)15(21)10-19(4)13-6-7-24(22,23)11-13/h8,13H,6-7,9-11H2,1-5H3,(H,17,18). The lowest BCUT2D eigenvalue weighted by molar-refractivity contribution is -0.131. The summed E-state index contributed by atoms with van der Waals surface area (Å²) in [6, 6.07) is 1.92. The first-order chi connectivity index (χ1) is 11.0. The summed E-state index contributed by atoms with van der Waals surface area (Å²) in [5.41, 5.74) is 1.82. The molecule has 7 nitrogen and oxygen atoms in total. The summed E-state index contributed by atoms with van der Waals surface area (Å²) in [4.78, 5) is 15.9. The number of aromatic nitrogens is 2. The predicted octanol–water partition coefficient (Wildman–Crippen LogP) is 0.785. The molecule has 8 heteroatoms. The third kappa shape index (κ3) is 4.80. The number of carbonyl (C=O) groups excluding carboxylic acids is 1. The summed E-state index contributed by atoms with van der Waals surface area (Å²) in [5, 5.41) is 7.28. The van der Waals surface area contributed by atoms with Gasteiger partial charge in [-0.3, -0.25) is 14.8 Å². The molecular weight excluding hydrogens is 328 g/mol. The largest absolute Gasteiger partial charge is 0.339 e. The average molecular weight is 356 g/mol. The number of amides is 1. The highest BCUT2D eigenvalue weighted by Crippen LogP contribution is 2.21. The number of aromatic amines is 1. The van der Waals surface area contributed by atoms with Crippen LogP contribution in [0.3, 0.4) is 0 Å². The number of rotatable bonds is 5. The SMILES string of the molecule is CN(Cc1cc(C(C)(C)C)n[nH]1)C(=O)CN(C)C1CCS(=O)(=O)C1. The molecule has 136 valence electrons. The minimum Gasteiger partial charge on any atom is -0.339 e. The third-order valence-corrected chi connectivity index (χ3v) is 6.20. The van der Waals surface area contributed by atoms with Crippen LogP contribution in [-0.4, -0.2) is 72.5 Å². The molecule has 1 aromatic heterocycles. The molecule has 1 saturated heterocycles. The maximum Gasteiger partial charge on any atom is 0.236 e. The van der Waals surface area contributed by atoms with E-state index in [-0.39, 0.29) is 35.4 Å². The second-order valence-electron chi connectivity index (χ2n) is 7.75. The molecule has 1 fully saturated rings. The molecule has 1 unspecified atom stereocenters. The van der Waals surface area contributed by atoms with E-state index in [1.807, 2.05) is 18.0 Å². The Morgan fingerprint density at radius 2 is 2.04 bits per heavy atom. The molecule has 0 aromatic carbocycles. The Balaban J connectivity index is 1.89. The lowest BCUT2D eigenvalue weighted by atomic mass is 9.92. The van der Waals surface area contributed by atoms with Gasteiger partial charge in [-0.05, 0) is 19.5 Å². The second-order valence-corrected chi connectivity index (χ2v) is 9.98. The lowest BCUT2D eigenvalue weighted by Crippen LogP contribution is -2.41. The Bertz CT molecular complexity index is 690. The van der Waals surface area contributed by atoms with Crippen molar-refractivity contribution in [1.29, 1.82) is 0 Å². The molecule has 0 spiro atoms. The van der Waals surface area contributed by atoms with Crippen LogP contribution in [-0.2, 0) is 26.6 Å². The number of hydrogen-bond donors (Lipinski definition) is 1. The number of nitrogens with one attached hydrogen (secondary N) is 1. The van der Waals surface area contributed by atoms with Crippen LogP contribution < -0.4 is 0 Å². The van der Waals surface area contributed by atoms with Gasteiger partial charge < -0.3 is 4.90 Å². The first-order valence-electron chi connectivity index (χ1n) is 8.17. The molecule has 2 heterocycles. The summed E-state index contributed by atoms with van der Waals surface area (Å²) in [5.74, 6) is 0.333. The number of carbonyl (C=O) groups is 1. The minimum atomic E-state index is -2.94. The van der Waals surface area contributed by atoms with Gasteiger partial charge in [0.1, 0.15) is 0 Å². The zero-order valence-corrected chi connectivity index (χ0v) is 16.0. The van der Waals surface area contributed by atoms with Crippen molar-refractivity contribution < 1.29 is 13.2 Å². The van der Waals surface area contributed by atoms with E-state index in [0.29, 0.717) is 13.0 Å². The van der Waals surface area contributed by atoms with Crippen LogP contribution in [0.15, 0.2) is 6.07 Å². The van der Waals surface area contributed by atoms with Gasteiger partial charge in [-0.25, -0.2) is 8.42 Å². The van der Waals surface area contributed by atoms with Gasteiger partial charge in [0.25, 0.3) is 0 Å². The molecular formula is C16H28N4O3S. The monoisotopic (exact) mass is 356 g/mol. The molecule has 1 aromatic rings. The number of hydrogen-bond acceptors (Lipinski definition) is 5. The summed E-state index contributed by atoms with van der Waals surface area (Å²) in [7, 11) is 0.624. The van der Waals surface area contributed by atoms with Crippen LogP contribution in [0.5, 0.6) is 0 Å². The van der Waals surface area contributed by atoms with Crippen LogP contribution >= 0.6 is 0 Å². The molecule has 24 heavy (non-hydrogen) atoms. The predicted molar refractivity (Wildman–Crippen MR) is 93.5 cm³/mol. The van der Waals surface area contributed by atoms with E-state index in [4.69, 9.17) is 0 Å². The Hall–Kier alpha value is -1.41. The Kier molecular flexibility index (Phi) is 5.39. The van der Waals surface area contributed by atoms with Gasteiger partial charge in [0.15, 0.2) is 9.84 Å². The number of nitrogens with zero attached hydrogens (tertiary/aromatic N) is 3. The highest BCUT2D eigenvalue weighted by atomic mass is 32.2. The molecule has 1 atom stereocenters. The van der Waals surface area contributed by atoms with Crippen LogP contribution in [0.2, 0.25) is 0 Å². The lowest BCUT2D eigenvalue weighted by Gasteiger charge is -2.25. The molecule has 1 amide bonds. The van der Waals surface area contributed by atoms with Crippen LogP contribution in [0, 0.1) is 0 Å². The number of sulfone groups is 1. The van der Waals surface area contributed by atoms with Crippen molar-refractivity contribution in [3.05, 3.63) is 17.5 Å². The zero-order valence-electron chi connectivity index (χ0n) is 15.2. The fourth-order valence-corrected chi connectivity index (χ4v) is 4.56. The minimum absolute atomic E-state index is 0.0336. The topological polar surface area (TPSA) is 86.4 Å². The number of H-pyrrole nitrogens is 1. The van der Waals surface area contributed by atoms with Gasteiger partial charge in [0.2, 0.25) is 5.91 Å². The zero-order chi connectivity index (χ0) is 18.1. The molecule has 1 aliphatic rings. The molecule has 0 bridgehead atoms. The van der Waals surface area contributed by atoms with Gasteiger partial charge in [0.05, 0.1) is 36.0 Å². The summed E-state index contributed by atoms with van der Waals surface area (Å²) in [6.45, 7) is 6.95. The van der Waals surface area contributed by atoms with Crippen LogP contribution in [0.25, 0.3) is 0 Å². The summed E-state index contributed by atoms with van der Waals surface area (Å²) in [6.07, 6.45) is 0.602. The van der Waals surface area contributed by atoms with Crippen molar-refractivity contribution in [3.63, 3.8) is 0 Å². The smallest absolute Gasteiger partial charge is 0.236 e. The highest BCUT2D eigenvalue weighted by molar-refractivity contribution is 7.91. The normalized spacial score (nSPS) is 20.5. The van der Waals surface area contributed by atoms with E-state index in [1.54, 1.807) is 11.9 Å². The van der Waals surface area contributed by atoms with Crippen molar-refractivity contribution in [2.45, 2.75) is 45.2 Å². The number of likely N-dealkylation sites (N-methyl/N-ethyl adjacent to an activating group) is 2. The maximum absolute atomic E-state index is 12.4. The molecule has 1 N–H and O–H groups in total. The second kappa shape index (κ2) is 6.84. The molecule has 2 rings (SSSR count). The van der Waals surface area contributed by atoms with Gasteiger partial charge in [-0.15, -0.1) is 0 Å². The van der Waals surface area contributed by atoms with E-state index in [9.17, 15) is 13.2 Å². The van der Waals surface area contributed by atoms with Crippen molar-refractivity contribution >= 4 is 15.7 Å². The Morgan fingerprint density at radius 3 is 2.54 bits per heavy atom. The Morgan fingerprint density at radius 1 is 1.38 bits per heavy atom. The van der Waals surface area contributed by atoms with E-state index in [0.717, 1.165) is 11.4 Å². The van der Waals surface area contributed by atoms with E-state index in [2.05, 4.69) is 31.0 Å². The van der Waals surface area contributed by atoms with Crippen LogP contribution in [0.4, 0.5) is 0 Å². The van der Waals surface area contributed by atoms with Gasteiger partial charge in [-0.2, -0.15) is 5.10 Å². The highest BCUT2D eigenvalue weighted by Gasteiger charge is 2.31. The van der Waals surface area contributed by atoms with Gasteiger partial charge >= 0.3 is 0 Å². The van der Waals surface area contributed by atoms with E-state index in [1.165, 1.54) is 0 Å². The first kappa shape index (κ1) is 18.9. The van der Waals surface area contributed by atoms with Gasteiger partial charge in [0, 0.05) is 18.5 Å². The van der Waals surface area contributed by atoms with E-state index >= 15 is 0 Å². The summed E-state index contributed by atoms with van der Waals surface area (Å²) >= 11 is 0. The van der Waals surface area contributed by atoms with E-state index < -0.39 is 9.84 Å². The molecule has 1 aliphatic heterocycles. The van der Waals surface area contributed by atoms with Crippen molar-refractivity contribution in [3.8, 4) is 0 Å². The molecule has 0 radical (unpaired) electrons. The van der Waals surface area contributed by atoms with Gasteiger partial charge in [-0.1, -0.05) is 20.8 Å². The maximum atomic E-state index is 12.4. The quantitative estimate of drug-likeness (QED) is 0.843. The third-order valence-electron chi connectivity index (χ3n) is 4.45. The van der Waals surface area contributed by atoms with Crippen molar-refractivity contribution in [2.75, 3.05) is 32.1 Å². The molecule has 0 aliphatic carbocycles. The van der Waals surface area contributed by atoms with Crippen molar-refractivity contribution in [1.82, 2.24) is 20.0 Å².